The molecule has 8 heteroatoms. The summed E-state index contributed by atoms with van der Waals surface area (Å²) < 4.78 is 37.2. The molecule has 1 aliphatic rings. The van der Waals surface area contributed by atoms with Crippen LogP contribution in [-0.4, -0.2) is 40.8 Å². The van der Waals surface area contributed by atoms with E-state index in [2.05, 4.69) is 5.16 Å². The standard InChI is InChI=1S/C15H14F2N2O4/c1-22-14-6-13(23-18-14)15(21)19-7-9(20)5-12(19)10-4-8(16)2-3-11(10)17/h2-4,6,9,12,20H,5,7H2,1H3. The van der Waals surface area contributed by atoms with Crippen LogP contribution in [0.5, 0.6) is 5.88 Å². The predicted octanol–water partition coefficient (Wildman–Crippen LogP) is 1.91. The molecule has 1 fully saturated rings. The first-order chi connectivity index (χ1) is 11.0. The van der Waals surface area contributed by atoms with Crippen LogP contribution >= 0.6 is 0 Å². The molecular weight excluding hydrogens is 310 g/mol. The second-order valence-corrected chi connectivity index (χ2v) is 5.26. The Hall–Kier alpha value is -2.48. The Morgan fingerprint density at radius 2 is 2.22 bits per heavy atom. The lowest BCUT2D eigenvalue weighted by atomic mass is 10.0. The van der Waals surface area contributed by atoms with Crippen molar-refractivity contribution in [2.75, 3.05) is 13.7 Å². The average Bonchev–Trinajstić information content (AvgIpc) is 3.15. The number of β-amino-alcohol motifs (C(OH)–C–C–N with tert-alkyl or cyclic N) is 1. The summed E-state index contributed by atoms with van der Waals surface area (Å²) in [7, 11) is 1.37. The molecule has 2 atom stereocenters. The Kier molecular flexibility index (Phi) is 3.99. The Bertz CT molecular complexity index is 734. The third-order valence-corrected chi connectivity index (χ3v) is 3.77. The summed E-state index contributed by atoms with van der Waals surface area (Å²) in [5.74, 6) is -1.81. The number of benzene rings is 1. The van der Waals surface area contributed by atoms with E-state index < -0.39 is 29.7 Å². The second kappa shape index (κ2) is 5.96. The highest BCUT2D eigenvalue weighted by atomic mass is 19.1. The van der Waals surface area contributed by atoms with Gasteiger partial charge in [0.05, 0.1) is 25.3 Å². The molecule has 122 valence electrons. The van der Waals surface area contributed by atoms with Gasteiger partial charge in [0.25, 0.3) is 11.8 Å². The number of nitrogens with zero attached hydrogens (tertiary/aromatic N) is 2. The van der Waals surface area contributed by atoms with Crippen LogP contribution in [0.25, 0.3) is 0 Å². The minimum Gasteiger partial charge on any atom is -0.479 e. The fourth-order valence-corrected chi connectivity index (χ4v) is 2.70. The van der Waals surface area contributed by atoms with Crippen molar-refractivity contribution in [3.8, 4) is 5.88 Å². The van der Waals surface area contributed by atoms with Crippen LogP contribution in [0.2, 0.25) is 0 Å². The summed E-state index contributed by atoms with van der Waals surface area (Å²) in [5.41, 5.74) is 0.0152. The summed E-state index contributed by atoms with van der Waals surface area (Å²) >= 11 is 0. The number of carbonyl (C=O) groups is 1. The zero-order chi connectivity index (χ0) is 16.6. The lowest BCUT2D eigenvalue weighted by molar-refractivity contribution is 0.0671. The van der Waals surface area contributed by atoms with Crippen LogP contribution in [0.1, 0.15) is 28.6 Å². The number of ether oxygens (including phenoxy) is 1. The number of hydrogen-bond donors (Lipinski definition) is 1. The highest BCUT2D eigenvalue weighted by Crippen LogP contribution is 2.35. The van der Waals surface area contributed by atoms with Crippen LogP contribution in [-0.2, 0) is 0 Å². The van der Waals surface area contributed by atoms with Crippen molar-refractivity contribution in [3.63, 3.8) is 0 Å². The van der Waals surface area contributed by atoms with E-state index in [-0.39, 0.29) is 30.2 Å². The van der Waals surface area contributed by atoms with E-state index in [4.69, 9.17) is 9.26 Å². The number of aliphatic hydroxyl groups excluding tert-OH is 1. The fraction of sp³-hybridized carbons (Fsp3) is 0.333. The largest absolute Gasteiger partial charge is 0.479 e. The maximum absolute atomic E-state index is 14.0. The van der Waals surface area contributed by atoms with Gasteiger partial charge in [-0.05, 0) is 29.8 Å². The van der Waals surface area contributed by atoms with Gasteiger partial charge in [0.2, 0.25) is 5.76 Å². The molecule has 2 heterocycles. The molecule has 1 N–H and O–H groups in total. The second-order valence-electron chi connectivity index (χ2n) is 5.26. The zero-order valence-electron chi connectivity index (χ0n) is 12.2. The van der Waals surface area contributed by atoms with Gasteiger partial charge in [-0.1, -0.05) is 0 Å². The Labute approximate surface area is 130 Å². The maximum Gasteiger partial charge on any atom is 0.293 e. The molecule has 0 radical (unpaired) electrons. The summed E-state index contributed by atoms with van der Waals surface area (Å²) in [6.07, 6.45) is -0.728. The molecule has 23 heavy (non-hydrogen) atoms. The topological polar surface area (TPSA) is 75.8 Å². The van der Waals surface area contributed by atoms with E-state index in [1.165, 1.54) is 18.1 Å². The van der Waals surface area contributed by atoms with Crippen LogP contribution in [0.4, 0.5) is 8.78 Å². The Balaban J connectivity index is 1.93. The molecule has 0 bridgehead atoms. The number of carbonyl (C=O) groups excluding carboxylic acids is 1. The molecule has 1 aliphatic heterocycles. The van der Waals surface area contributed by atoms with E-state index in [0.717, 1.165) is 18.2 Å². The summed E-state index contributed by atoms with van der Waals surface area (Å²) in [5, 5.41) is 13.4. The van der Waals surface area contributed by atoms with Crippen LogP contribution in [0.3, 0.4) is 0 Å². The lowest BCUT2D eigenvalue weighted by Crippen LogP contribution is -2.32. The van der Waals surface area contributed by atoms with Crippen molar-refractivity contribution >= 4 is 5.91 Å². The van der Waals surface area contributed by atoms with E-state index in [1.54, 1.807) is 0 Å². The van der Waals surface area contributed by atoms with Crippen molar-refractivity contribution in [1.29, 1.82) is 0 Å². The average molecular weight is 324 g/mol. The minimum absolute atomic E-state index is 0.0114. The molecule has 2 aromatic rings. The number of halogens is 2. The summed E-state index contributed by atoms with van der Waals surface area (Å²) in [6.45, 7) is -0.0114. The summed E-state index contributed by atoms with van der Waals surface area (Å²) in [4.78, 5) is 13.7. The van der Waals surface area contributed by atoms with Crippen LogP contribution < -0.4 is 4.74 Å². The van der Waals surface area contributed by atoms with Gasteiger partial charge in [-0.25, -0.2) is 8.78 Å². The van der Waals surface area contributed by atoms with E-state index in [9.17, 15) is 18.7 Å². The Morgan fingerprint density at radius 1 is 1.43 bits per heavy atom. The molecule has 1 saturated heterocycles. The first-order valence-electron chi connectivity index (χ1n) is 6.94. The zero-order valence-corrected chi connectivity index (χ0v) is 12.2. The first kappa shape index (κ1) is 15.4. The molecule has 0 saturated carbocycles. The summed E-state index contributed by atoms with van der Waals surface area (Å²) in [6, 6.07) is 3.53. The number of hydrogen-bond acceptors (Lipinski definition) is 5. The van der Waals surface area contributed by atoms with Crippen molar-refractivity contribution in [2.24, 2.45) is 0 Å². The van der Waals surface area contributed by atoms with Gasteiger partial charge in [-0.15, -0.1) is 0 Å². The van der Waals surface area contributed by atoms with E-state index >= 15 is 0 Å². The molecule has 1 amide bonds. The van der Waals surface area contributed by atoms with Gasteiger partial charge in [-0.3, -0.25) is 4.79 Å². The van der Waals surface area contributed by atoms with Gasteiger partial charge in [-0.2, -0.15) is 0 Å². The minimum atomic E-state index is -0.837. The predicted molar refractivity (Wildman–Crippen MR) is 73.8 cm³/mol. The number of rotatable bonds is 3. The highest BCUT2D eigenvalue weighted by Gasteiger charge is 2.38. The number of aromatic nitrogens is 1. The third-order valence-electron chi connectivity index (χ3n) is 3.77. The number of likely N-dealkylation sites (tertiary alicyclic amines) is 1. The number of aliphatic hydroxyl groups is 1. The Morgan fingerprint density at radius 3 is 2.91 bits per heavy atom. The van der Waals surface area contributed by atoms with E-state index in [0.29, 0.717) is 0 Å². The third kappa shape index (κ3) is 2.89. The number of amides is 1. The van der Waals surface area contributed by atoms with Gasteiger partial charge >= 0.3 is 0 Å². The maximum atomic E-state index is 14.0. The van der Waals surface area contributed by atoms with Crippen LogP contribution in [0, 0.1) is 11.6 Å². The monoisotopic (exact) mass is 324 g/mol. The van der Waals surface area contributed by atoms with Crippen molar-refractivity contribution in [3.05, 3.63) is 47.2 Å². The lowest BCUT2D eigenvalue weighted by Gasteiger charge is -2.23. The van der Waals surface area contributed by atoms with Gasteiger partial charge in [0.1, 0.15) is 11.6 Å². The smallest absolute Gasteiger partial charge is 0.293 e. The van der Waals surface area contributed by atoms with Gasteiger partial charge in [0.15, 0.2) is 0 Å². The number of methoxy groups -OCH3 is 1. The molecular formula is C15H14F2N2O4. The molecule has 2 unspecified atom stereocenters. The van der Waals surface area contributed by atoms with E-state index in [1.807, 2.05) is 0 Å². The molecule has 1 aromatic carbocycles. The first-order valence-corrected chi connectivity index (χ1v) is 6.94. The molecule has 3 rings (SSSR count). The quantitative estimate of drug-likeness (QED) is 0.933. The molecule has 0 spiro atoms. The normalized spacial score (nSPS) is 20.8. The highest BCUT2D eigenvalue weighted by molar-refractivity contribution is 5.92. The van der Waals surface area contributed by atoms with Crippen LogP contribution in [0.15, 0.2) is 28.8 Å². The SMILES string of the molecule is COc1cc(C(=O)N2CC(O)CC2c2cc(F)ccc2F)on1. The van der Waals surface area contributed by atoms with Gasteiger partial charge < -0.3 is 19.3 Å². The van der Waals surface area contributed by atoms with Crippen molar-refractivity contribution in [2.45, 2.75) is 18.6 Å². The van der Waals surface area contributed by atoms with Crippen molar-refractivity contribution < 1.29 is 27.9 Å². The fourth-order valence-electron chi connectivity index (χ4n) is 2.70. The van der Waals surface area contributed by atoms with Gasteiger partial charge in [0, 0.05) is 12.1 Å². The molecule has 6 nitrogen and oxygen atoms in total. The molecule has 1 aromatic heterocycles. The molecule has 0 aliphatic carbocycles. The van der Waals surface area contributed by atoms with Crippen molar-refractivity contribution in [1.82, 2.24) is 10.1 Å².